The number of thiophene rings is 1. The maximum Gasteiger partial charge on any atom is 0.251 e. The smallest absolute Gasteiger partial charge is 0.251 e. The van der Waals surface area contributed by atoms with Crippen LogP contribution in [0.1, 0.15) is 10.4 Å². The van der Waals surface area contributed by atoms with Gasteiger partial charge in [-0.2, -0.15) is 0 Å². The van der Waals surface area contributed by atoms with E-state index < -0.39 is 5.91 Å². The molecule has 0 saturated carbocycles. The summed E-state index contributed by atoms with van der Waals surface area (Å²) >= 11 is 1.63. The predicted octanol–water partition coefficient (Wildman–Crippen LogP) is 3.25. The van der Waals surface area contributed by atoms with Crippen molar-refractivity contribution in [3.8, 4) is 10.4 Å². The molecule has 19 heavy (non-hydrogen) atoms. The Bertz CT molecular complexity index is 744. The van der Waals surface area contributed by atoms with E-state index in [1.165, 1.54) is 4.70 Å². The van der Waals surface area contributed by atoms with E-state index in [0.29, 0.717) is 11.3 Å². The molecule has 0 aliphatic rings. The minimum atomic E-state index is -0.495. The first-order valence-corrected chi connectivity index (χ1v) is 6.65. The lowest BCUT2D eigenvalue weighted by Crippen LogP contribution is -2.14. The standard InChI is InChI=1S/C15H12N2OS/c16-11-6-3-5-10(14(11)15(17)18)13-8-9-4-1-2-7-12(9)19-13/h1-8H,16H2,(H2,17,18). The van der Waals surface area contributed by atoms with Gasteiger partial charge in [0.1, 0.15) is 0 Å². The van der Waals surface area contributed by atoms with E-state index >= 15 is 0 Å². The van der Waals surface area contributed by atoms with Gasteiger partial charge in [-0.1, -0.05) is 30.3 Å². The molecule has 0 saturated heterocycles. The predicted molar refractivity (Wildman–Crippen MR) is 80.2 cm³/mol. The number of hydrogen-bond donors (Lipinski definition) is 2. The summed E-state index contributed by atoms with van der Waals surface area (Å²) in [5, 5.41) is 1.15. The number of benzene rings is 2. The summed E-state index contributed by atoms with van der Waals surface area (Å²) in [7, 11) is 0. The van der Waals surface area contributed by atoms with E-state index in [1.807, 2.05) is 30.3 Å². The largest absolute Gasteiger partial charge is 0.398 e. The number of carbonyl (C=O) groups excluding carboxylic acids is 1. The molecule has 2 aromatic carbocycles. The van der Waals surface area contributed by atoms with Gasteiger partial charge < -0.3 is 11.5 Å². The van der Waals surface area contributed by atoms with Crippen LogP contribution in [0.25, 0.3) is 20.5 Å². The molecule has 1 heterocycles. The van der Waals surface area contributed by atoms with Crippen LogP contribution in [0.3, 0.4) is 0 Å². The first-order valence-electron chi connectivity index (χ1n) is 5.84. The molecule has 0 aliphatic carbocycles. The highest BCUT2D eigenvalue weighted by Gasteiger charge is 2.15. The summed E-state index contributed by atoms with van der Waals surface area (Å²) in [5.41, 5.74) is 12.9. The molecule has 0 atom stereocenters. The van der Waals surface area contributed by atoms with Crippen LogP contribution < -0.4 is 11.5 Å². The Labute approximate surface area is 114 Å². The van der Waals surface area contributed by atoms with Crippen molar-refractivity contribution < 1.29 is 4.79 Å². The molecule has 4 heteroatoms. The third kappa shape index (κ3) is 1.96. The van der Waals surface area contributed by atoms with Gasteiger partial charge in [0.25, 0.3) is 5.91 Å². The monoisotopic (exact) mass is 268 g/mol. The summed E-state index contributed by atoms with van der Waals surface area (Å²) in [6.07, 6.45) is 0. The van der Waals surface area contributed by atoms with Gasteiger partial charge in [0.05, 0.1) is 5.56 Å². The first kappa shape index (κ1) is 11.7. The number of nitrogens with two attached hydrogens (primary N) is 2. The van der Waals surface area contributed by atoms with Crippen LogP contribution in [0.2, 0.25) is 0 Å². The van der Waals surface area contributed by atoms with E-state index in [1.54, 1.807) is 17.4 Å². The zero-order chi connectivity index (χ0) is 13.4. The van der Waals surface area contributed by atoms with Gasteiger partial charge in [0, 0.05) is 20.8 Å². The van der Waals surface area contributed by atoms with E-state index in [4.69, 9.17) is 11.5 Å². The summed E-state index contributed by atoms with van der Waals surface area (Å²) in [6.45, 7) is 0. The Hall–Kier alpha value is -2.33. The second-order valence-corrected chi connectivity index (χ2v) is 5.37. The third-order valence-corrected chi connectivity index (χ3v) is 4.18. The Morgan fingerprint density at radius 1 is 1.05 bits per heavy atom. The average Bonchev–Trinajstić information content (AvgIpc) is 2.81. The van der Waals surface area contributed by atoms with Crippen LogP contribution >= 0.6 is 11.3 Å². The molecule has 3 aromatic rings. The molecular formula is C15H12N2OS. The van der Waals surface area contributed by atoms with Gasteiger partial charge >= 0.3 is 0 Å². The zero-order valence-electron chi connectivity index (χ0n) is 10.1. The van der Waals surface area contributed by atoms with Crippen molar-refractivity contribution in [2.75, 3.05) is 5.73 Å². The van der Waals surface area contributed by atoms with Crippen molar-refractivity contribution >= 4 is 33.0 Å². The fourth-order valence-corrected chi connectivity index (χ4v) is 3.26. The molecule has 0 unspecified atom stereocenters. The van der Waals surface area contributed by atoms with Gasteiger partial charge in [0.2, 0.25) is 0 Å². The number of carbonyl (C=O) groups is 1. The fraction of sp³-hybridized carbons (Fsp3) is 0. The van der Waals surface area contributed by atoms with Crippen molar-refractivity contribution in [2.45, 2.75) is 0 Å². The Morgan fingerprint density at radius 2 is 1.84 bits per heavy atom. The highest BCUT2D eigenvalue weighted by Crippen LogP contribution is 2.36. The topological polar surface area (TPSA) is 69.1 Å². The SMILES string of the molecule is NC(=O)c1c(N)cccc1-c1cc2ccccc2s1. The lowest BCUT2D eigenvalue weighted by Gasteiger charge is -2.07. The van der Waals surface area contributed by atoms with Gasteiger partial charge in [-0.25, -0.2) is 0 Å². The quantitative estimate of drug-likeness (QED) is 0.700. The lowest BCUT2D eigenvalue weighted by molar-refractivity contribution is 0.100. The summed E-state index contributed by atoms with van der Waals surface area (Å²) in [4.78, 5) is 12.6. The molecular weight excluding hydrogens is 256 g/mol. The van der Waals surface area contributed by atoms with Crippen LogP contribution in [-0.2, 0) is 0 Å². The van der Waals surface area contributed by atoms with Crippen molar-refractivity contribution in [1.82, 2.24) is 0 Å². The maximum atomic E-state index is 11.6. The number of hydrogen-bond acceptors (Lipinski definition) is 3. The van der Waals surface area contributed by atoms with E-state index in [0.717, 1.165) is 15.8 Å². The zero-order valence-corrected chi connectivity index (χ0v) is 10.9. The number of nitrogen functional groups attached to an aromatic ring is 1. The van der Waals surface area contributed by atoms with Crippen LogP contribution in [0.4, 0.5) is 5.69 Å². The molecule has 0 bridgehead atoms. The number of fused-ring (bicyclic) bond motifs is 1. The van der Waals surface area contributed by atoms with Crippen LogP contribution in [0, 0.1) is 0 Å². The maximum absolute atomic E-state index is 11.6. The summed E-state index contributed by atoms with van der Waals surface area (Å²) in [6, 6.07) is 15.6. The minimum absolute atomic E-state index is 0.397. The van der Waals surface area contributed by atoms with Crippen LogP contribution in [0.15, 0.2) is 48.5 Å². The Balaban J connectivity index is 2.27. The van der Waals surface area contributed by atoms with Crippen molar-refractivity contribution in [3.63, 3.8) is 0 Å². The van der Waals surface area contributed by atoms with Crippen LogP contribution in [-0.4, -0.2) is 5.91 Å². The van der Waals surface area contributed by atoms with E-state index in [9.17, 15) is 4.79 Å². The molecule has 0 fully saturated rings. The van der Waals surface area contributed by atoms with Gasteiger partial charge in [-0.05, 0) is 23.6 Å². The molecule has 0 aliphatic heterocycles. The molecule has 3 nitrogen and oxygen atoms in total. The van der Waals surface area contributed by atoms with Gasteiger partial charge in [-0.3, -0.25) is 4.79 Å². The van der Waals surface area contributed by atoms with Crippen molar-refractivity contribution in [3.05, 3.63) is 54.1 Å². The number of rotatable bonds is 2. The Kier molecular flexibility index (Phi) is 2.72. The second kappa shape index (κ2) is 4.40. The normalized spacial score (nSPS) is 10.7. The highest BCUT2D eigenvalue weighted by atomic mass is 32.1. The van der Waals surface area contributed by atoms with Crippen molar-refractivity contribution in [1.29, 1.82) is 0 Å². The number of primary amides is 1. The van der Waals surface area contributed by atoms with Gasteiger partial charge in [-0.15, -0.1) is 11.3 Å². The third-order valence-electron chi connectivity index (χ3n) is 3.03. The minimum Gasteiger partial charge on any atom is -0.398 e. The molecule has 3 rings (SSSR count). The van der Waals surface area contributed by atoms with E-state index in [2.05, 4.69) is 12.1 Å². The number of anilines is 1. The molecule has 0 radical (unpaired) electrons. The fourth-order valence-electron chi connectivity index (χ4n) is 2.17. The number of amides is 1. The molecule has 1 aromatic heterocycles. The summed E-state index contributed by atoms with van der Waals surface area (Å²) in [5.74, 6) is -0.495. The average molecular weight is 268 g/mol. The molecule has 4 N–H and O–H groups in total. The Morgan fingerprint density at radius 3 is 2.58 bits per heavy atom. The van der Waals surface area contributed by atoms with Crippen LogP contribution in [0.5, 0.6) is 0 Å². The molecule has 0 spiro atoms. The lowest BCUT2D eigenvalue weighted by atomic mass is 10.0. The first-order chi connectivity index (χ1) is 9.16. The van der Waals surface area contributed by atoms with Gasteiger partial charge in [0.15, 0.2) is 0 Å². The highest BCUT2D eigenvalue weighted by molar-refractivity contribution is 7.22. The van der Waals surface area contributed by atoms with Crippen molar-refractivity contribution in [2.24, 2.45) is 5.73 Å². The molecule has 1 amide bonds. The molecule has 94 valence electrons. The van der Waals surface area contributed by atoms with E-state index in [-0.39, 0.29) is 0 Å². The second-order valence-electron chi connectivity index (χ2n) is 4.28. The summed E-state index contributed by atoms with van der Waals surface area (Å²) < 4.78 is 1.18.